The van der Waals surface area contributed by atoms with Crippen LogP contribution in [0.25, 0.3) is 0 Å². The van der Waals surface area contributed by atoms with Gasteiger partial charge in [-0.15, -0.1) is 11.3 Å². The van der Waals surface area contributed by atoms with E-state index >= 15 is 0 Å². The van der Waals surface area contributed by atoms with Crippen molar-refractivity contribution in [2.45, 2.75) is 65.0 Å². The summed E-state index contributed by atoms with van der Waals surface area (Å²) in [6, 6.07) is 1.14. The first kappa shape index (κ1) is 14.8. The summed E-state index contributed by atoms with van der Waals surface area (Å²) in [7, 11) is 0. The summed E-state index contributed by atoms with van der Waals surface area (Å²) in [5.41, 5.74) is 1.20. The number of hydrogen-bond donors (Lipinski definition) is 1. The number of unbranched alkanes of at least 4 members (excludes halogenated alkanes) is 1. The van der Waals surface area contributed by atoms with Crippen molar-refractivity contribution >= 4 is 16.5 Å². The van der Waals surface area contributed by atoms with Crippen molar-refractivity contribution in [3.8, 4) is 0 Å². The molecular formula is C15H27N3S. The zero-order chi connectivity index (χ0) is 13.7. The molecule has 1 aromatic heterocycles. The highest BCUT2D eigenvalue weighted by molar-refractivity contribution is 7.13. The summed E-state index contributed by atoms with van der Waals surface area (Å²) in [4.78, 5) is 7.39. The smallest absolute Gasteiger partial charge is 0.185 e. The van der Waals surface area contributed by atoms with Gasteiger partial charge in [-0.25, -0.2) is 4.98 Å². The van der Waals surface area contributed by atoms with E-state index in [9.17, 15) is 0 Å². The van der Waals surface area contributed by atoms with Crippen LogP contribution in [0, 0.1) is 0 Å². The monoisotopic (exact) mass is 281 g/mol. The fourth-order valence-electron chi connectivity index (χ4n) is 2.22. The van der Waals surface area contributed by atoms with Gasteiger partial charge in [0.25, 0.3) is 0 Å². The van der Waals surface area contributed by atoms with Crippen molar-refractivity contribution in [2.75, 3.05) is 18.0 Å². The Labute approximate surface area is 121 Å². The van der Waals surface area contributed by atoms with E-state index in [1.165, 1.54) is 49.5 Å². The summed E-state index contributed by atoms with van der Waals surface area (Å²) in [6.07, 6.45) is 6.40. The molecule has 19 heavy (non-hydrogen) atoms. The Kier molecular flexibility index (Phi) is 5.64. The van der Waals surface area contributed by atoms with Crippen molar-refractivity contribution in [1.82, 2.24) is 10.3 Å². The number of aromatic nitrogens is 1. The van der Waals surface area contributed by atoms with Crippen LogP contribution < -0.4 is 10.2 Å². The third kappa shape index (κ3) is 4.18. The average Bonchev–Trinajstić information content (AvgIpc) is 3.13. The second-order valence-electron chi connectivity index (χ2n) is 5.51. The first-order valence-corrected chi connectivity index (χ1v) is 8.59. The highest BCUT2D eigenvalue weighted by Crippen LogP contribution is 2.34. The molecule has 1 aliphatic rings. The number of anilines is 1. The molecule has 1 fully saturated rings. The van der Waals surface area contributed by atoms with Crippen molar-refractivity contribution < 1.29 is 0 Å². The van der Waals surface area contributed by atoms with Gasteiger partial charge >= 0.3 is 0 Å². The van der Waals surface area contributed by atoms with E-state index in [2.05, 4.69) is 36.4 Å². The molecule has 0 aromatic carbocycles. The van der Waals surface area contributed by atoms with Crippen LogP contribution in [0.3, 0.4) is 0 Å². The van der Waals surface area contributed by atoms with E-state index in [-0.39, 0.29) is 0 Å². The van der Waals surface area contributed by atoms with Crippen LogP contribution >= 0.6 is 11.3 Å². The lowest BCUT2D eigenvalue weighted by molar-refractivity contribution is 0.560. The molecule has 1 unspecified atom stereocenters. The van der Waals surface area contributed by atoms with Gasteiger partial charge < -0.3 is 10.2 Å². The van der Waals surface area contributed by atoms with Crippen LogP contribution in [-0.2, 0) is 0 Å². The summed E-state index contributed by atoms with van der Waals surface area (Å²) < 4.78 is 0. The van der Waals surface area contributed by atoms with Crippen molar-refractivity contribution in [2.24, 2.45) is 0 Å². The Morgan fingerprint density at radius 3 is 2.84 bits per heavy atom. The summed E-state index contributed by atoms with van der Waals surface area (Å²) >= 11 is 1.81. The standard InChI is InChI=1S/C15H27N3S/c1-4-6-10-18(13-7-8-13)15-17-14(11-19-15)12(3)16-9-5-2/h11-13,16H,4-10H2,1-3H3. The van der Waals surface area contributed by atoms with Crippen LogP contribution in [0.4, 0.5) is 5.13 Å². The van der Waals surface area contributed by atoms with Crippen LogP contribution in [0.5, 0.6) is 0 Å². The molecule has 1 aliphatic carbocycles. The van der Waals surface area contributed by atoms with Crippen LogP contribution in [-0.4, -0.2) is 24.1 Å². The van der Waals surface area contributed by atoms with E-state index in [0.717, 1.165) is 12.6 Å². The molecule has 4 heteroatoms. The predicted molar refractivity (Wildman–Crippen MR) is 84.1 cm³/mol. The average molecular weight is 281 g/mol. The Morgan fingerprint density at radius 2 is 2.21 bits per heavy atom. The second-order valence-corrected chi connectivity index (χ2v) is 6.35. The highest BCUT2D eigenvalue weighted by atomic mass is 32.1. The van der Waals surface area contributed by atoms with E-state index in [1.54, 1.807) is 0 Å². The van der Waals surface area contributed by atoms with Gasteiger partial charge in [-0.3, -0.25) is 0 Å². The SMILES string of the molecule is CCCCN(c1nc(C(C)NCCC)cs1)C1CC1. The first-order chi connectivity index (χ1) is 9.26. The van der Waals surface area contributed by atoms with Crippen LogP contribution in [0.1, 0.15) is 64.6 Å². The van der Waals surface area contributed by atoms with Crippen LogP contribution in [0.2, 0.25) is 0 Å². The Bertz CT molecular complexity index is 373. The first-order valence-electron chi connectivity index (χ1n) is 7.71. The fraction of sp³-hybridized carbons (Fsp3) is 0.800. The number of nitrogens with zero attached hydrogens (tertiary/aromatic N) is 2. The molecule has 1 heterocycles. The number of thiazole rings is 1. The fourth-order valence-corrected chi connectivity index (χ4v) is 3.24. The van der Waals surface area contributed by atoms with Crippen molar-refractivity contribution in [3.63, 3.8) is 0 Å². The van der Waals surface area contributed by atoms with E-state index < -0.39 is 0 Å². The van der Waals surface area contributed by atoms with Gasteiger partial charge in [-0.05, 0) is 39.2 Å². The maximum Gasteiger partial charge on any atom is 0.185 e. The molecule has 0 aliphatic heterocycles. The quantitative estimate of drug-likeness (QED) is 0.742. The number of hydrogen-bond acceptors (Lipinski definition) is 4. The minimum Gasteiger partial charge on any atom is -0.345 e. The lowest BCUT2D eigenvalue weighted by Crippen LogP contribution is -2.27. The highest BCUT2D eigenvalue weighted by Gasteiger charge is 2.30. The van der Waals surface area contributed by atoms with Crippen molar-refractivity contribution in [1.29, 1.82) is 0 Å². The van der Waals surface area contributed by atoms with Gasteiger partial charge in [0.15, 0.2) is 5.13 Å². The Morgan fingerprint density at radius 1 is 1.42 bits per heavy atom. The number of nitrogens with one attached hydrogen (secondary N) is 1. The minimum atomic E-state index is 0.372. The molecule has 1 saturated carbocycles. The maximum absolute atomic E-state index is 4.86. The molecule has 1 aromatic rings. The zero-order valence-corrected chi connectivity index (χ0v) is 13.3. The maximum atomic E-state index is 4.86. The second kappa shape index (κ2) is 7.25. The van der Waals surface area contributed by atoms with E-state index in [1.807, 2.05) is 11.3 Å². The predicted octanol–water partition coefficient (Wildman–Crippen LogP) is 3.97. The third-order valence-electron chi connectivity index (χ3n) is 3.64. The minimum absolute atomic E-state index is 0.372. The van der Waals surface area contributed by atoms with E-state index in [4.69, 9.17) is 4.98 Å². The zero-order valence-electron chi connectivity index (χ0n) is 12.5. The Hall–Kier alpha value is -0.610. The topological polar surface area (TPSA) is 28.2 Å². The molecule has 0 saturated heterocycles. The Balaban J connectivity index is 1.97. The lowest BCUT2D eigenvalue weighted by Gasteiger charge is -2.21. The van der Waals surface area contributed by atoms with Gasteiger partial charge in [-0.1, -0.05) is 20.3 Å². The van der Waals surface area contributed by atoms with Gasteiger partial charge in [-0.2, -0.15) is 0 Å². The molecular weight excluding hydrogens is 254 g/mol. The molecule has 2 rings (SSSR count). The molecule has 1 atom stereocenters. The molecule has 0 bridgehead atoms. The third-order valence-corrected chi connectivity index (χ3v) is 4.54. The van der Waals surface area contributed by atoms with Gasteiger partial charge in [0.05, 0.1) is 5.69 Å². The molecule has 0 amide bonds. The van der Waals surface area contributed by atoms with Crippen molar-refractivity contribution in [3.05, 3.63) is 11.1 Å². The van der Waals surface area contributed by atoms with Gasteiger partial charge in [0, 0.05) is 24.0 Å². The molecule has 1 N–H and O–H groups in total. The summed E-state index contributed by atoms with van der Waals surface area (Å²) in [6.45, 7) is 8.91. The number of rotatable bonds is 9. The lowest BCUT2D eigenvalue weighted by atomic mass is 10.2. The van der Waals surface area contributed by atoms with Gasteiger partial charge in [0.2, 0.25) is 0 Å². The molecule has 3 nitrogen and oxygen atoms in total. The van der Waals surface area contributed by atoms with E-state index in [0.29, 0.717) is 6.04 Å². The van der Waals surface area contributed by atoms with Gasteiger partial charge in [0.1, 0.15) is 0 Å². The summed E-state index contributed by atoms with van der Waals surface area (Å²) in [5, 5.41) is 6.97. The van der Waals surface area contributed by atoms with Crippen LogP contribution in [0.15, 0.2) is 5.38 Å². The normalized spacial score (nSPS) is 16.6. The largest absolute Gasteiger partial charge is 0.345 e. The molecule has 0 radical (unpaired) electrons. The summed E-state index contributed by atoms with van der Waals surface area (Å²) in [5.74, 6) is 0. The molecule has 108 valence electrons. The molecule has 0 spiro atoms.